The molecule has 0 unspecified atom stereocenters. The first-order valence-electron chi connectivity index (χ1n) is 6.64. The molecule has 0 spiro atoms. The molecule has 0 heterocycles. The van der Waals surface area contributed by atoms with Gasteiger partial charge in [0, 0.05) is 22.2 Å². The van der Waals surface area contributed by atoms with Crippen LogP contribution in [0, 0.1) is 0 Å². The van der Waals surface area contributed by atoms with E-state index in [4.69, 9.17) is 39.5 Å². The predicted molar refractivity (Wildman–Crippen MR) is 91.3 cm³/mol. The molecule has 0 aliphatic carbocycles. The van der Waals surface area contributed by atoms with Crippen LogP contribution in [-0.4, -0.2) is 18.9 Å². The predicted octanol–water partition coefficient (Wildman–Crippen LogP) is 5.31. The minimum absolute atomic E-state index is 0.319. The van der Waals surface area contributed by atoms with Crippen molar-refractivity contribution in [2.75, 3.05) is 18.9 Å². The summed E-state index contributed by atoms with van der Waals surface area (Å²) in [4.78, 5) is 0. The van der Waals surface area contributed by atoms with Crippen molar-refractivity contribution in [3.63, 3.8) is 0 Å². The molecule has 0 saturated carbocycles. The molecule has 0 aliphatic heterocycles. The first-order chi connectivity index (χ1) is 10.1. The Hall–Kier alpha value is -0.890. The van der Waals surface area contributed by atoms with Crippen LogP contribution in [0.3, 0.4) is 0 Å². The quantitative estimate of drug-likeness (QED) is 0.646. The number of hydrogen-bond donors (Lipinski definition) is 0. The van der Waals surface area contributed by atoms with Gasteiger partial charge >= 0.3 is 0 Å². The number of ether oxygens (including phenoxy) is 1. The van der Waals surface area contributed by atoms with E-state index in [0.717, 1.165) is 23.3 Å². The third-order valence-corrected chi connectivity index (χ3v) is 4.92. The smallest absolute Gasteiger partial charge is 0.119 e. The molecular weight excluding hydrogens is 327 g/mol. The van der Waals surface area contributed by atoms with E-state index >= 15 is 0 Å². The van der Waals surface area contributed by atoms with E-state index in [0.29, 0.717) is 16.8 Å². The van der Waals surface area contributed by atoms with Gasteiger partial charge in [0.15, 0.2) is 0 Å². The third-order valence-electron chi connectivity index (χ3n) is 3.64. The van der Waals surface area contributed by atoms with Crippen LogP contribution in [0.4, 0.5) is 0 Å². The lowest BCUT2D eigenvalue weighted by atomic mass is 9.79. The highest BCUT2D eigenvalue weighted by atomic mass is 35.5. The van der Waals surface area contributed by atoms with E-state index < -0.39 is 0 Å². The van der Waals surface area contributed by atoms with Crippen LogP contribution < -0.4 is 4.74 Å². The molecule has 0 saturated heterocycles. The molecule has 0 amide bonds. The Morgan fingerprint density at radius 1 is 1.00 bits per heavy atom. The molecule has 112 valence electrons. The molecule has 0 N–H and O–H groups in total. The summed E-state index contributed by atoms with van der Waals surface area (Å²) in [7, 11) is 1.66. The lowest BCUT2D eigenvalue weighted by Crippen LogP contribution is -2.33. The van der Waals surface area contributed by atoms with Crippen molar-refractivity contribution in [1.29, 1.82) is 0 Å². The SMILES string of the molecule is COc1cccc(CC(CCl)(CCl)c2ccc(Cl)cc2)c1. The zero-order valence-electron chi connectivity index (χ0n) is 11.8. The van der Waals surface area contributed by atoms with Crippen LogP contribution >= 0.6 is 34.8 Å². The van der Waals surface area contributed by atoms with Crippen LogP contribution in [0.15, 0.2) is 48.5 Å². The van der Waals surface area contributed by atoms with Gasteiger partial charge in [-0.05, 0) is 41.8 Å². The highest BCUT2D eigenvalue weighted by Gasteiger charge is 2.31. The molecule has 2 aromatic rings. The summed E-state index contributed by atoms with van der Waals surface area (Å²) in [5.74, 6) is 1.71. The Morgan fingerprint density at radius 3 is 2.24 bits per heavy atom. The maximum absolute atomic E-state index is 6.27. The standard InChI is InChI=1S/C17H17Cl3O/c1-21-16-4-2-3-13(9-16)10-17(11-18,12-19)14-5-7-15(20)8-6-14/h2-9H,10-12H2,1H3. The number of alkyl halides is 2. The molecule has 21 heavy (non-hydrogen) atoms. The van der Waals surface area contributed by atoms with Crippen molar-refractivity contribution >= 4 is 34.8 Å². The average Bonchev–Trinajstić information content (AvgIpc) is 2.54. The molecule has 0 atom stereocenters. The zero-order valence-corrected chi connectivity index (χ0v) is 14.1. The van der Waals surface area contributed by atoms with Gasteiger partial charge in [0.1, 0.15) is 5.75 Å². The number of rotatable bonds is 6. The van der Waals surface area contributed by atoms with Crippen molar-refractivity contribution in [2.45, 2.75) is 11.8 Å². The molecular formula is C17H17Cl3O. The molecule has 0 bridgehead atoms. The van der Waals surface area contributed by atoms with Gasteiger partial charge in [-0.2, -0.15) is 0 Å². The van der Waals surface area contributed by atoms with E-state index in [-0.39, 0.29) is 5.41 Å². The lowest BCUT2D eigenvalue weighted by molar-refractivity contribution is 0.413. The van der Waals surface area contributed by atoms with Crippen LogP contribution in [0.2, 0.25) is 5.02 Å². The van der Waals surface area contributed by atoms with Crippen molar-refractivity contribution in [3.05, 3.63) is 64.7 Å². The molecule has 2 aromatic carbocycles. The minimum atomic E-state index is -0.319. The Bertz CT molecular complexity index is 577. The molecule has 0 fully saturated rings. The maximum atomic E-state index is 6.27. The molecule has 0 radical (unpaired) electrons. The minimum Gasteiger partial charge on any atom is -0.497 e. The van der Waals surface area contributed by atoms with Crippen molar-refractivity contribution in [2.24, 2.45) is 0 Å². The van der Waals surface area contributed by atoms with E-state index in [1.165, 1.54) is 0 Å². The molecule has 1 nitrogen and oxygen atoms in total. The number of halogens is 3. The molecule has 0 aliphatic rings. The van der Waals surface area contributed by atoms with Crippen LogP contribution in [0.5, 0.6) is 5.75 Å². The van der Waals surface area contributed by atoms with E-state index in [9.17, 15) is 0 Å². The van der Waals surface area contributed by atoms with E-state index in [2.05, 4.69) is 6.07 Å². The third kappa shape index (κ3) is 3.85. The monoisotopic (exact) mass is 342 g/mol. The first-order valence-corrected chi connectivity index (χ1v) is 8.09. The summed E-state index contributed by atoms with van der Waals surface area (Å²) in [6.45, 7) is 0. The Kier molecular flexibility index (Phi) is 5.80. The second-order valence-electron chi connectivity index (χ2n) is 5.08. The maximum Gasteiger partial charge on any atom is 0.119 e. The summed E-state index contributed by atoms with van der Waals surface area (Å²) in [5, 5.41) is 0.707. The highest BCUT2D eigenvalue weighted by Crippen LogP contribution is 2.33. The average molecular weight is 344 g/mol. The second kappa shape index (κ2) is 7.40. The zero-order chi connectivity index (χ0) is 15.3. The van der Waals surface area contributed by atoms with Crippen molar-refractivity contribution < 1.29 is 4.74 Å². The highest BCUT2D eigenvalue weighted by molar-refractivity contribution is 6.30. The number of methoxy groups -OCH3 is 1. The van der Waals surface area contributed by atoms with Gasteiger partial charge < -0.3 is 4.74 Å². The van der Waals surface area contributed by atoms with Gasteiger partial charge in [-0.3, -0.25) is 0 Å². The molecule has 2 rings (SSSR count). The summed E-state index contributed by atoms with van der Waals surface area (Å²) in [6.07, 6.45) is 0.749. The summed E-state index contributed by atoms with van der Waals surface area (Å²) >= 11 is 18.5. The van der Waals surface area contributed by atoms with Gasteiger partial charge in [0.2, 0.25) is 0 Å². The summed E-state index contributed by atoms with van der Waals surface area (Å²) in [6, 6.07) is 15.7. The summed E-state index contributed by atoms with van der Waals surface area (Å²) in [5.41, 5.74) is 1.92. The second-order valence-corrected chi connectivity index (χ2v) is 6.05. The fourth-order valence-electron chi connectivity index (χ4n) is 2.36. The molecule has 0 aromatic heterocycles. The van der Waals surface area contributed by atoms with Gasteiger partial charge in [-0.25, -0.2) is 0 Å². The Morgan fingerprint density at radius 2 is 1.67 bits per heavy atom. The Balaban J connectivity index is 2.35. The van der Waals surface area contributed by atoms with Gasteiger partial charge in [-0.1, -0.05) is 35.9 Å². The van der Waals surface area contributed by atoms with Crippen molar-refractivity contribution in [1.82, 2.24) is 0 Å². The fraction of sp³-hybridized carbons (Fsp3) is 0.294. The van der Waals surface area contributed by atoms with Gasteiger partial charge in [0.05, 0.1) is 7.11 Å². The summed E-state index contributed by atoms with van der Waals surface area (Å²) < 4.78 is 5.27. The van der Waals surface area contributed by atoms with E-state index in [1.54, 1.807) is 7.11 Å². The van der Waals surface area contributed by atoms with Gasteiger partial charge in [0.25, 0.3) is 0 Å². The largest absolute Gasteiger partial charge is 0.497 e. The van der Waals surface area contributed by atoms with Crippen LogP contribution in [-0.2, 0) is 11.8 Å². The topological polar surface area (TPSA) is 9.23 Å². The van der Waals surface area contributed by atoms with E-state index in [1.807, 2.05) is 42.5 Å². The Labute approximate surface area is 140 Å². The number of benzene rings is 2. The lowest BCUT2D eigenvalue weighted by Gasteiger charge is -2.30. The van der Waals surface area contributed by atoms with Gasteiger partial charge in [-0.15, -0.1) is 23.2 Å². The van der Waals surface area contributed by atoms with Crippen molar-refractivity contribution in [3.8, 4) is 5.75 Å². The van der Waals surface area contributed by atoms with Crippen LogP contribution in [0.25, 0.3) is 0 Å². The van der Waals surface area contributed by atoms with Crippen LogP contribution in [0.1, 0.15) is 11.1 Å². The fourth-order valence-corrected chi connectivity index (χ4v) is 3.27. The molecule has 4 heteroatoms. The normalized spacial score (nSPS) is 11.4. The first kappa shape index (κ1) is 16.5. The number of hydrogen-bond acceptors (Lipinski definition) is 1.